The number of para-hydroxylation sites is 1. The lowest BCUT2D eigenvalue weighted by atomic mass is 10.0. The number of fused-ring (bicyclic) bond motifs is 1. The van der Waals surface area contributed by atoms with Crippen molar-refractivity contribution in [2.24, 2.45) is 0 Å². The van der Waals surface area contributed by atoms with E-state index in [1.807, 2.05) is 6.92 Å². The van der Waals surface area contributed by atoms with Crippen molar-refractivity contribution in [3.8, 4) is 11.5 Å². The minimum absolute atomic E-state index is 0.254. The molecule has 1 aliphatic rings. The van der Waals surface area contributed by atoms with Crippen molar-refractivity contribution < 1.29 is 14.3 Å². The second-order valence-corrected chi connectivity index (χ2v) is 5.22. The maximum atomic E-state index is 12.4. The number of benzene rings is 1. The fraction of sp³-hybridized carbons (Fsp3) is 0.500. The van der Waals surface area contributed by atoms with Gasteiger partial charge in [0.05, 0.1) is 11.1 Å². The molecule has 1 amide bonds. The minimum atomic E-state index is -0.613. The van der Waals surface area contributed by atoms with E-state index in [1.165, 1.54) is 0 Å². The highest BCUT2D eigenvalue weighted by molar-refractivity contribution is 6.22. The first kappa shape index (κ1) is 15.3. The van der Waals surface area contributed by atoms with Gasteiger partial charge in [0.15, 0.2) is 11.5 Å². The lowest BCUT2D eigenvalue weighted by molar-refractivity contribution is 0.0902. The van der Waals surface area contributed by atoms with Gasteiger partial charge in [0.1, 0.15) is 13.2 Å². The lowest BCUT2D eigenvalue weighted by Gasteiger charge is -2.30. The van der Waals surface area contributed by atoms with Gasteiger partial charge in [0.2, 0.25) is 0 Å². The molecule has 2 rings (SSSR count). The summed E-state index contributed by atoms with van der Waals surface area (Å²) in [4.78, 5) is 12.4. The number of rotatable bonds is 5. The smallest absolute Gasteiger partial charge is 0.255 e. The van der Waals surface area contributed by atoms with Gasteiger partial charge in [0.25, 0.3) is 5.91 Å². The molecule has 0 unspecified atom stereocenters. The van der Waals surface area contributed by atoms with Gasteiger partial charge in [-0.1, -0.05) is 13.0 Å². The third-order valence-electron chi connectivity index (χ3n) is 3.38. The molecular weight excluding hydrogens is 301 g/mol. The van der Waals surface area contributed by atoms with Crippen LogP contribution in [0.25, 0.3) is 0 Å². The van der Waals surface area contributed by atoms with Crippen molar-refractivity contribution in [2.45, 2.75) is 18.9 Å². The average molecular weight is 318 g/mol. The first-order valence-corrected chi connectivity index (χ1v) is 7.56. The van der Waals surface area contributed by atoms with E-state index in [9.17, 15) is 4.79 Å². The van der Waals surface area contributed by atoms with Crippen LogP contribution in [0.4, 0.5) is 0 Å². The number of alkyl halides is 2. The van der Waals surface area contributed by atoms with Gasteiger partial charge in [0, 0.05) is 11.8 Å². The van der Waals surface area contributed by atoms with Crippen LogP contribution in [0.5, 0.6) is 11.5 Å². The normalized spacial score (nSPS) is 13.9. The van der Waals surface area contributed by atoms with Crippen LogP contribution >= 0.6 is 23.2 Å². The Hall–Kier alpha value is -1.13. The topological polar surface area (TPSA) is 47.6 Å². The Morgan fingerprint density at radius 2 is 2.00 bits per heavy atom. The molecule has 6 heteroatoms. The zero-order valence-corrected chi connectivity index (χ0v) is 12.8. The molecule has 1 aromatic carbocycles. The molecule has 1 heterocycles. The van der Waals surface area contributed by atoms with E-state index in [-0.39, 0.29) is 17.7 Å². The molecule has 4 nitrogen and oxygen atoms in total. The van der Waals surface area contributed by atoms with Crippen molar-refractivity contribution in [1.82, 2.24) is 5.32 Å². The highest BCUT2D eigenvalue weighted by Crippen LogP contribution is 2.33. The van der Waals surface area contributed by atoms with Crippen LogP contribution < -0.4 is 14.8 Å². The van der Waals surface area contributed by atoms with Crippen LogP contribution in [-0.2, 0) is 0 Å². The maximum Gasteiger partial charge on any atom is 0.255 e. The molecule has 0 saturated carbocycles. The van der Waals surface area contributed by atoms with Gasteiger partial charge in [-0.25, -0.2) is 0 Å². The van der Waals surface area contributed by atoms with E-state index in [0.29, 0.717) is 36.7 Å². The maximum absolute atomic E-state index is 12.4. The summed E-state index contributed by atoms with van der Waals surface area (Å²) < 4.78 is 11.0. The Morgan fingerprint density at radius 3 is 2.65 bits per heavy atom. The van der Waals surface area contributed by atoms with Crippen LogP contribution in [0.3, 0.4) is 0 Å². The second kappa shape index (κ2) is 6.55. The van der Waals surface area contributed by atoms with Gasteiger partial charge in [-0.15, -0.1) is 23.2 Å². The average Bonchev–Trinajstić information content (AvgIpc) is 2.52. The second-order valence-electron chi connectivity index (χ2n) is 4.69. The van der Waals surface area contributed by atoms with E-state index in [2.05, 4.69) is 5.32 Å². The Kier molecular flexibility index (Phi) is 5.00. The van der Waals surface area contributed by atoms with Crippen molar-refractivity contribution in [2.75, 3.05) is 25.0 Å². The Balaban J connectivity index is 2.25. The van der Waals surface area contributed by atoms with Gasteiger partial charge in [-0.05, 0) is 18.6 Å². The first-order chi connectivity index (χ1) is 9.65. The van der Waals surface area contributed by atoms with Crippen LogP contribution in [0.1, 0.15) is 23.7 Å². The van der Waals surface area contributed by atoms with Crippen molar-refractivity contribution in [3.05, 3.63) is 23.8 Å². The highest BCUT2D eigenvalue weighted by Gasteiger charge is 2.30. The molecule has 1 N–H and O–H groups in total. The number of amides is 1. The molecule has 0 saturated heterocycles. The molecule has 0 atom stereocenters. The Morgan fingerprint density at radius 1 is 1.30 bits per heavy atom. The summed E-state index contributed by atoms with van der Waals surface area (Å²) in [7, 11) is 0. The largest absolute Gasteiger partial charge is 0.486 e. The molecule has 0 aromatic heterocycles. The summed E-state index contributed by atoms with van der Waals surface area (Å²) >= 11 is 11.9. The Labute approximate surface area is 128 Å². The zero-order chi connectivity index (χ0) is 14.6. The van der Waals surface area contributed by atoms with Crippen molar-refractivity contribution in [3.63, 3.8) is 0 Å². The van der Waals surface area contributed by atoms with Gasteiger partial charge in [-0.2, -0.15) is 0 Å². The van der Waals surface area contributed by atoms with Crippen LogP contribution in [0.2, 0.25) is 0 Å². The SMILES string of the molecule is CCC(CCl)(CCl)NC(=O)c1cccc2c1OCCO2. The zero-order valence-electron chi connectivity index (χ0n) is 11.2. The Bertz CT molecular complexity index is 481. The predicted octanol–water partition coefficient (Wildman–Crippen LogP) is 2.81. The third kappa shape index (κ3) is 2.96. The van der Waals surface area contributed by atoms with Gasteiger partial charge < -0.3 is 14.8 Å². The van der Waals surface area contributed by atoms with E-state index in [1.54, 1.807) is 18.2 Å². The number of nitrogens with one attached hydrogen (secondary N) is 1. The van der Waals surface area contributed by atoms with E-state index in [4.69, 9.17) is 32.7 Å². The number of carbonyl (C=O) groups is 1. The number of carbonyl (C=O) groups excluding carboxylic acids is 1. The summed E-state index contributed by atoms with van der Waals surface area (Å²) in [6, 6.07) is 5.24. The van der Waals surface area contributed by atoms with E-state index < -0.39 is 5.54 Å². The summed E-state index contributed by atoms with van der Waals surface area (Å²) in [5, 5.41) is 2.91. The van der Waals surface area contributed by atoms with Crippen molar-refractivity contribution in [1.29, 1.82) is 0 Å². The number of hydrogen-bond acceptors (Lipinski definition) is 3. The third-order valence-corrected chi connectivity index (χ3v) is 4.40. The quantitative estimate of drug-likeness (QED) is 0.849. The molecule has 1 aliphatic heterocycles. The molecule has 0 aliphatic carbocycles. The van der Waals surface area contributed by atoms with E-state index >= 15 is 0 Å². The standard InChI is InChI=1S/C14H17Cl2NO3/c1-2-14(8-15,9-16)17-13(18)10-4-3-5-11-12(10)20-7-6-19-11/h3-5H,2,6-9H2,1H3,(H,17,18). The predicted molar refractivity (Wildman–Crippen MR) is 79.4 cm³/mol. The summed E-state index contributed by atoms with van der Waals surface area (Å²) in [6.45, 7) is 2.85. The number of halogens is 2. The molecule has 20 heavy (non-hydrogen) atoms. The molecule has 0 bridgehead atoms. The summed E-state index contributed by atoms with van der Waals surface area (Å²) in [5.74, 6) is 1.32. The van der Waals surface area contributed by atoms with Gasteiger partial charge in [-0.3, -0.25) is 4.79 Å². The summed E-state index contributed by atoms with van der Waals surface area (Å²) in [5.41, 5.74) is -0.173. The highest BCUT2D eigenvalue weighted by atomic mass is 35.5. The summed E-state index contributed by atoms with van der Waals surface area (Å²) in [6.07, 6.45) is 0.651. The number of ether oxygens (including phenoxy) is 2. The monoisotopic (exact) mass is 317 g/mol. The van der Waals surface area contributed by atoms with Crippen LogP contribution in [0, 0.1) is 0 Å². The fourth-order valence-electron chi connectivity index (χ4n) is 1.94. The van der Waals surface area contributed by atoms with Crippen molar-refractivity contribution >= 4 is 29.1 Å². The van der Waals surface area contributed by atoms with Crippen LogP contribution in [-0.4, -0.2) is 36.4 Å². The molecule has 110 valence electrons. The van der Waals surface area contributed by atoms with Gasteiger partial charge >= 0.3 is 0 Å². The minimum Gasteiger partial charge on any atom is -0.486 e. The lowest BCUT2D eigenvalue weighted by Crippen LogP contribution is -2.51. The molecule has 0 radical (unpaired) electrons. The van der Waals surface area contributed by atoms with Crippen LogP contribution in [0.15, 0.2) is 18.2 Å². The van der Waals surface area contributed by atoms with E-state index in [0.717, 1.165) is 0 Å². The first-order valence-electron chi connectivity index (χ1n) is 6.49. The molecule has 1 aromatic rings. The molecular formula is C14H17Cl2NO3. The number of hydrogen-bond donors (Lipinski definition) is 1. The molecule has 0 fully saturated rings. The molecule has 0 spiro atoms. The fourth-order valence-corrected chi connectivity index (χ4v) is 2.74.